The number of amides is 1. The molecular weight excluding hydrogens is 182 g/mol. The molecular formula is C9H11N3O2. The minimum absolute atomic E-state index is 0.162. The van der Waals surface area contributed by atoms with E-state index in [1.807, 2.05) is 0 Å². The minimum Gasteiger partial charge on any atom is -0.475 e. The maximum Gasteiger partial charge on any atom is 0.268 e. The van der Waals surface area contributed by atoms with Crippen LogP contribution < -0.4 is 15.4 Å². The molecule has 5 heteroatoms. The molecule has 0 saturated carbocycles. The summed E-state index contributed by atoms with van der Waals surface area (Å²) in [6, 6.07) is 3.55. The molecule has 2 rings (SSSR count). The molecule has 1 aliphatic heterocycles. The zero-order valence-corrected chi connectivity index (χ0v) is 7.78. The van der Waals surface area contributed by atoms with Crippen molar-refractivity contribution in [3.63, 3.8) is 0 Å². The number of ether oxygens (including phenoxy) is 1. The fourth-order valence-electron chi connectivity index (χ4n) is 1.30. The van der Waals surface area contributed by atoms with Crippen LogP contribution in [0.25, 0.3) is 0 Å². The molecule has 1 unspecified atom stereocenters. The lowest BCUT2D eigenvalue weighted by Crippen LogP contribution is -2.43. The number of nitrogens with zero attached hydrogens (tertiary/aromatic N) is 1. The fourth-order valence-corrected chi connectivity index (χ4v) is 1.30. The van der Waals surface area contributed by atoms with Crippen LogP contribution in [0.5, 0.6) is 5.75 Å². The smallest absolute Gasteiger partial charge is 0.268 e. The topological polar surface area (TPSA) is 63.2 Å². The maximum atomic E-state index is 11.4. The SMILES string of the molecule is CNCC1Oc2cccnc2NC1=O. The third kappa shape index (κ3) is 1.54. The van der Waals surface area contributed by atoms with Gasteiger partial charge in [0.1, 0.15) is 0 Å². The molecule has 1 amide bonds. The first-order chi connectivity index (χ1) is 6.81. The molecule has 2 heterocycles. The van der Waals surface area contributed by atoms with Crippen LogP contribution in [0, 0.1) is 0 Å². The second kappa shape index (κ2) is 3.63. The van der Waals surface area contributed by atoms with Crippen LogP contribution in [0.15, 0.2) is 18.3 Å². The average Bonchev–Trinajstić information content (AvgIpc) is 2.19. The molecule has 0 fully saturated rings. The van der Waals surface area contributed by atoms with E-state index in [4.69, 9.17) is 4.74 Å². The number of fused-ring (bicyclic) bond motifs is 1. The summed E-state index contributed by atoms with van der Waals surface area (Å²) < 4.78 is 5.45. The lowest BCUT2D eigenvalue weighted by molar-refractivity contribution is -0.123. The van der Waals surface area contributed by atoms with Crippen molar-refractivity contribution in [3.05, 3.63) is 18.3 Å². The summed E-state index contributed by atoms with van der Waals surface area (Å²) in [7, 11) is 1.77. The molecule has 1 atom stereocenters. The minimum atomic E-state index is -0.475. The van der Waals surface area contributed by atoms with E-state index < -0.39 is 6.10 Å². The molecule has 0 aromatic carbocycles. The fraction of sp³-hybridized carbons (Fsp3) is 0.333. The van der Waals surface area contributed by atoms with E-state index in [9.17, 15) is 4.79 Å². The second-order valence-electron chi connectivity index (χ2n) is 3.00. The van der Waals surface area contributed by atoms with E-state index in [-0.39, 0.29) is 5.91 Å². The number of anilines is 1. The molecule has 0 aliphatic carbocycles. The summed E-state index contributed by atoms with van der Waals surface area (Å²) in [5, 5.41) is 5.57. The van der Waals surface area contributed by atoms with E-state index in [1.54, 1.807) is 25.4 Å². The summed E-state index contributed by atoms with van der Waals surface area (Å²) in [5.74, 6) is 0.947. The molecule has 2 N–H and O–H groups in total. The Morgan fingerprint density at radius 2 is 2.57 bits per heavy atom. The number of aromatic nitrogens is 1. The number of carbonyl (C=O) groups is 1. The predicted octanol–water partition coefficient (Wildman–Crippen LogP) is 0.000500. The van der Waals surface area contributed by atoms with Crippen molar-refractivity contribution in [2.45, 2.75) is 6.10 Å². The van der Waals surface area contributed by atoms with Crippen molar-refractivity contribution < 1.29 is 9.53 Å². The average molecular weight is 193 g/mol. The van der Waals surface area contributed by atoms with Crippen molar-refractivity contribution >= 4 is 11.7 Å². The molecule has 1 aliphatic rings. The van der Waals surface area contributed by atoms with Gasteiger partial charge in [-0.2, -0.15) is 0 Å². The first-order valence-electron chi connectivity index (χ1n) is 4.38. The summed E-state index contributed by atoms with van der Waals surface area (Å²) in [5.41, 5.74) is 0. The lowest BCUT2D eigenvalue weighted by Gasteiger charge is -2.24. The lowest BCUT2D eigenvalue weighted by atomic mass is 10.2. The van der Waals surface area contributed by atoms with Gasteiger partial charge in [-0.15, -0.1) is 0 Å². The third-order valence-electron chi connectivity index (χ3n) is 1.96. The van der Waals surface area contributed by atoms with Crippen LogP contribution >= 0.6 is 0 Å². The zero-order chi connectivity index (χ0) is 9.97. The number of pyridine rings is 1. The van der Waals surface area contributed by atoms with Gasteiger partial charge in [0.2, 0.25) is 0 Å². The summed E-state index contributed by atoms with van der Waals surface area (Å²) in [4.78, 5) is 15.4. The van der Waals surface area contributed by atoms with Gasteiger partial charge in [0, 0.05) is 12.7 Å². The highest BCUT2D eigenvalue weighted by Gasteiger charge is 2.27. The van der Waals surface area contributed by atoms with Gasteiger partial charge in [0.15, 0.2) is 17.7 Å². The normalized spacial score (nSPS) is 19.5. The number of hydrogen-bond donors (Lipinski definition) is 2. The van der Waals surface area contributed by atoms with E-state index in [0.717, 1.165) is 0 Å². The van der Waals surface area contributed by atoms with E-state index in [0.29, 0.717) is 18.1 Å². The first kappa shape index (κ1) is 8.96. The van der Waals surface area contributed by atoms with Crippen molar-refractivity contribution in [1.82, 2.24) is 10.3 Å². The number of carbonyl (C=O) groups excluding carboxylic acids is 1. The Labute approximate surface area is 81.5 Å². The van der Waals surface area contributed by atoms with E-state index in [1.165, 1.54) is 0 Å². The zero-order valence-electron chi connectivity index (χ0n) is 7.78. The molecule has 14 heavy (non-hydrogen) atoms. The van der Waals surface area contributed by atoms with Gasteiger partial charge in [0.05, 0.1) is 0 Å². The largest absolute Gasteiger partial charge is 0.475 e. The van der Waals surface area contributed by atoms with E-state index in [2.05, 4.69) is 15.6 Å². The van der Waals surface area contributed by atoms with Crippen LogP contribution in [0.1, 0.15) is 0 Å². The molecule has 1 aromatic rings. The van der Waals surface area contributed by atoms with Gasteiger partial charge < -0.3 is 15.4 Å². The van der Waals surface area contributed by atoms with Crippen LogP contribution in [0.4, 0.5) is 5.82 Å². The molecule has 0 saturated heterocycles. The maximum absolute atomic E-state index is 11.4. The van der Waals surface area contributed by atoms with Crippen LogP contribution in [0.2, 0.25) is 0 Å². The Morgan fingerprint density at radius 1 is 1.71 bits per heavy atom. The van der Waals surface area contributed by atoms with Crippen LogP contribution in [-0.2, 0) is 4.79 Å². The Kier molecular flexibility index (Phi) is 2.32. The van der Waals surface area contributed by atoms with Gasteiger partial charge in [-0.1, -0.05) is 0 Å². The van der Waals surface area contributed by atoms with Crippen LogP contribution in [0.3, 0.4) is 0 Å². The molecule has 1 aromatic heterocycles. The van der Waals surface area contributed by atoms with Gasteiger partial charge in [0.25, 0.3) is 5.91 Å². The molecule has 74 valence electrons. The van der Waals surface area contributed by atoms with Gasteiger partial charge in [-0.25, -0.2) is 4.98 Å². The van der Waals surface area contributed by atoms with Gasteiger partial charge in [-0.05, 0) is 19.2 Å². The predicted molar refractivity (Wildman–Crippen MR) is 51.2 cm³/mol. The number of hydrogen-bond acceptors (Lipinski definition) is 4. The Bertz CT molecular complexity index is 354. The highest BCUT2D eigenvalue weighted by molar-refractivity contribution is 5.96. The Morgan fingerprint density at radius 3 is 3.36 bits per heavy atom. The number of rotatable bonds is 2. The Hall–Kier alpha value is -1.62. The highest BCUT2D eigenvalue weighted by Crippen LogP contribution is 2.25. The highest BCUT2D eigenvalue weighted by atomic mass is 16.5. The van der Waals surface area contributed by atoms with Gasteiger partial charge >= 0.3 is 0 Å². The molecule has 5 nitrogen and oxygen atoms in total. The van der Waals surface area contributed by atoms with Crippen LogP contribution in [-0.4, -0.2) is 30.6 Å². The summed E-state index contributed by atoms with van der Waals surface area (Å²) in [6.07, 6.45) is 1.14. The monoisotopic (exact) mass is 193 g/mol. The summed E-state index contributed by atoms with van der Waals surface area (Å²) in [6.45, 7) is 0.486. The number of likely N-dealkylation sites (N-methyl/N-ethyl adjacent to an activating group) is 1. The van der Waals surface area contributed by atoms with Crippen molar-refractivity contribution in [3.8, 4) is 5.75 Å². The summed E-state index contributed by atoms with van der Waals surface area (Å²) >= 11 is 0. The number of nitrogens with one attached hydrogen (secondary N) is 2. The third-order valence-corrected chi connectivity index (χ3v) is 1.96. The first-order valence-corrected chi connectivity index (χ1v) is 4.38. The quantitative estimate of drug-likeness (QED) is 0.694. The van der Waals surface area contributed by atoms with Crippen molar-refractivity contribution in [1.29, 1.82) is 0 Å². The van der Waals surface area contributed by atoms with Crippen molar-refractivity contribution in [2.24, 2.45) is 0 Å². The van der Waals surface area contributed by atoms with E-state index >= 15 is 0 Å². The molecule has 0 radical (unpaired) electrons. The van der Waals surface area contributed by atoms with Gasteiger partial charge in [-0.3, -0.25) is 4.79 Å². The Balaban J connectivity index is 2.22. The standard InChI is InChI=1S/C9H11N3O2/c1-10-5-7-9(13)12-8-6(14-7)3-2-4-11-8/h2-4,7,10H,5H2,1H3,(H,11,12,13). The molecule has 0 spiro atoms. The second-order valence-corrected chi connectivity index (χ2v) is 3.00. The molecule has 0 bridgehead atoms. The van der Waals surface area contributed by atoms with Crippen molar-refractivity contribution in [2.75, 3.05) is 18.9 Å².